The number of fused-ring (bicyclic) bond motifs is 5. The Morgan fingerprint density at radius 2 is 1.55 bits per heavy atom. The smallest absolute Gasteiger partial charge is 0.141 e. The van der Waals surface area contributed by atoms with Gasteiger partial charge in [0.05, 0.1) is 22.9 Å². The molecule has 0 fully saturated rings. The minimum atomic E-state index is -0.180. The lowest BCUT2D eigenvalue weighted by Crippen LogP contribution is -2.28. The summed E-state index contributed by atoms with van der Waals surface area (Å²) in [5.74, 6) is 2.52. The molecule has 0 atom stereocenters. The number of pyridine rings is 1. The summed E-state index contributed by atoms with van der Waals surface area (Å²) in [6.45, 7) is 11.5. The second kappa shape index (κ2) is 9.42. The Morgan fingerprint density at radius 3 is 2.36 bits per heavy atom. The molecule has 5 heteroatoms. The number of aromatic nitrogens is 4. The van der Waals surface area contributed by atoms with Crippen LogP contribution in [0.15, 0.2) is 116 Å². The van der Waals surface area contributed by atoms with Gasteiger partial charge in [-0.25, -0.2) is 9.67 Å². The van der Waals surface area contributed by atoms with Crippen LogP contribution in [0.4, 0.5) is 0 Å². The molecule has 0 aliphatic carbocycles. The van der Waals surface area contributed by atoms with Gasteiger partial charge < -0.3 is 4.74 Å². The number of hydrogen-bond acceptors (Lipinski definition) is 3. The lowest BCUT2D eigenvalue weighted by atomic mass is 9.73. The van der Waals surface area contributed by atoms with Crippen LogP contribution < -0.4 is 4.74 Å². The average molecular weight is 575 g/mol. The first-order valence-corrected chi connectivity index (χ1v) is 15.2. The summed E-state index contributed by atoms with van der Waals surface area (Å²) in [4.78, 5) is 4.93. The highest BCUT2D eigenvalue weighted by atomic mass is 16.5. The Bertz CT molecular complexity index is 2210. The Hall–Kier alpha value is -5.16. The molecule has 5 nitrogen and oxygen atoms in total. The SMILES string of the molecule is CC(C)(C)c1cc2c3c(c1)c1ccc(Oc4cccc(-n5cc(-c6ccccc6)cn5)c4)cc1n3-c1ncccc1C2(C)C. The van der Waals surface area contributed by atoms with Crippen LogP contribution in [-0.4, -0.2) is 19.3 Å². The first kappa shape index (κ1) is 26.5. The van der Waals surface area contributed by atoms with E-state index in [1.807, 2.05) is 71.8 Å². The predicted octanol–water partition coefficient (Wildman–Crippen LogP) is 9.76. The van der Waals surface area contributed by atoms with Crippen molar-refractivity contribution >= 4 is 21.8 Å². The van der Waals surface area contributed by atoms with Crippen LogP contribution in [0.1, 0.15) is 51.3 Å². The van der Waals surface area contributed by atoms with Crippen molar-refractivity contribution in [3.63, 3.8) is 0 Å². The molecule has 0 saturated carbocycles. The topological polar surface area (TPSA) is 44.9 Å². The third-order valence-electron chi connectivity index (χ3n) is 9.05. The molecule has 0 saturated heterocycles. The standard InChI is InChI=1S/C39H34N4O/c1-38(2,3)27-19-32-31-17-16-30(22-35(31)43-36(32)34(20-27)39(4,5)33-15-10-18-40-37(33)43)44-29-14-9-13-28(21-29)42-24-26(23-41-42)25-11-7-6-8-12-25/h6-24H,1-5H3. The summed E-state index contributed by atoms with van der Waals surface area (Å²) < 4.78 is 10.7. The molecule has 0 unspecified atom stereocenters. The van der Waals surface area contributed by atoms with Crippen molar-refractivity contribution < 1.29 is 4.74 Å². The predicted molar refractivity (Wildman–Crippen MR) is 178 cm³/mol. The second-order valence-electron chi connectivity index (χ2n) is 13.3. The summed E-state index contributed by atoms with van der Waals surface area (Å²) in [6.07, 6.45) is 5.84. The maximum atomic E-state index is 6.52. The van der Waals surface area contributed by atoms with Gasteiger partial charge in [-0.1, -0.05) is 83.1 Å². The summed E-state index contributed by atoms with van der Waals surface area (Å²) in [7, 11) is 0. The quantitative estimate of drug-likeness (QED) is 0.210. The molecule has 216 valence electrons. The second-order valence-corrected chi connectivity index (χ2v) is 13.3. The van der Waals surface area contributed by atoms with Crippen LogP contribution in [0.2, 0.25) is 0 Å². The highest BCUT2D eigenvalue weighted by molar-refractivity contribution is 6.12. The molecule has 1 aliphatic heterocycles. The number of ether oxygens (including phenoxy) is 1. The van der Waals surface area contributed by atoms with Crippen LogP contribution in [0, 0.1) is 0 Å². The number of hydrogen-bond donors (Lipinski definition) is 0. The van der Waals surface area contributed by atoms with Crippen molar-refractivity contribution in [2.24, 2.45) is 0 Å². The van der Waals surface area contributed by atoms with Crippen LogP contribution in [0.25, 0.3) is 44.4 Å². The normalized spacial score (nSPS) is 13.8. The van der Waals surface area contributed by atoms with E-state index >= 15 is 0 Å². The molecule has 3 aromatic heterocycles. The maximum Gasteiger partial charge on any atom is 0.141 e. The van der Waals surface area contributed by atoms with Gasteiger partial charge in [0.25, 0.3) is 0 Å². The Balaban J connectivity index is 1.24. The van der Waals surface area contributed by atoms with Gasteiger partial charge >= 0.3 is 0 Å². The fourth-order valence-electron chi connectivity index (χ4n) is 6.60. The largest absolute Gasteiger partial charge is 0.457 e. The van der Waals surface area contributed by atoms with Gasteiger partial charge in [-0.05, 0) is 58.5 Å². The van der Waals surface area contributed by atoms with Crippen LogP contribution in [0.5, 0.6) is 11.5 Å². The van der Waals surface area contributed by atoms with E-state index in [-0.39, 0.29) is 10.8 Å². The number of rotatable bonds is 4. The van der Waals surface area contributed by atoms with E-state index in [9.17, 15) is 0 Å². The molecule has 1 aliphatic rings. The van der Waals surface area contributed by atoms with E-state index in [1.165, 1.54) is 33.0 Å². The molecule has 4 aromatic carbocycles. The van der Waals surface area contributed by atoms with Crippen molar-refractivity contribution in [3.8, 4) is 34.1 Å². The minimum absolute atomic E-state index is 0.0227. The zero-order chi connectivity index (χ0) is 30.2. The molecule has 7 aromatic rings. The Morgan fingerprint density at radius 1 is 0.727 bits per heavy atom. The van der Waals surface area contributed by atoms with Crippen LogP contribution in [0.3, 0.4) is 0 Å². The van der Waals surface area contributed by atoms with Gasteiger partial charge in [-0.15, -0.1) is 0 Å². The van der Waals surface area contributed by atoms with E-state index < -0.39 is 0 Å². The van der Waals surface area contributed by atoms with Crippen molar-refractivity contribution in [2.45, 2.75) is 45.4 Å². The van der Waals surface area contributed by atoms with Gasteiger partial charge in [-0.3, -0.25) is 4.57 Å². The van der Waals surface area contributed by atoms with Crippen LogP contribution >= 0.6 is 0 Å². The number of benzene rings is 4. The summed E-state index contributed by atoms with van der Waals surface area (Å²) >= 11 is 0. The van der Waals surface area contributed by atoms with E-state index in [2.05, 4.69) is 92.8 Å². The van der Waals surface area contributed by atoms with Gasteiger partial charge in [0.15, 0.2) is 0 Å². The lowest BCUT2D eigenvalue weighted by Gasteiger charge is -2.35. The van der Waals surface area contributed by atoms with Crippen molar-refractivity contribution in [2.75, 3.05) is 0 Å². The fraction of sp³-hybridized carbons (Fsp3) is 0.179. The summed E-state index contributed by atoms with van der Waals surface area (Å²) in [5.41, 5.74) is 9.22. The molecule has 4 heterocycles. The molecule has 0 N–H and O–H groups in total. The lowest BCUT2D eigenvalue weighted by molar-refractivity contribution is 0.483. The van der Waals surface area contributed by atoms with E-state index in [0.717, 1.165) is 39.6 Å². The van der Waals surface area contributed by atoms with Gasteiger partial charge in [0.2, 0.25) is 0 Å². The highest BCUT2D eigenvalue weighted by Crippen LogP contribution is 2.48. The van der Waals surface area contributed by atoms with Crippen LogP contribution in [-0.2, 0) is 10.8 Å². The molecule has 0 spiro atoms. The molecule has 8 rings (SSSR count). The zero-order valence-corrected chi connectivity index (χ0v) is 25.7. The molecule has 44 heavy (non-hydrogen) atoms. The fourth-order valence-corrected chi connectivity index (χ4v) is 6.60. The monoisotopic (exact) mass is 574 g/mol. The molecular formula is C39H34N4O. The van der Waals surface area contributed by atoms with Gasteiger partial charge in [0, 0.05) is 51.8 Å². The van der Waals surface area contributed by atoms with E-state index in [4.69, 9.17) is 9.72 Å². The Kier molecular flexibility index (Phi) is 5.67. The average Bonchev–Trinajstić information content (AvgIpc) is 3.64. The van der Waals surface area contributed by atoms with Gasteiger partial charge in [-0.2, -0.15) is 5.10 Å². The first-order valence-electron chi connectivity index (χ1n) is 15.2. The highest BCUT2D eigenvalue weighted by Gasteiger charge is 2.37. The number of nitrogens with zero attached hydrogens (tertiary/aromatic N) is 4. The first-order chi connectivity index (χ1) is 21.2. The minimum Gasteiger partial charge on any atom is -0.457 e. The van der Waals surface area contributed by atoms with E-state index in [0.29, 0.717) is 0 Å². The molecule has 0 radical (unpaired) electrons. The molecular weight excluding hydrogens is 540 g/mol. The summed E-state index contributed by atoms with van der Waals surface area (Å²) in [6, 6.07) is 33.8. The third kappa shape index (κ3) is 4.07. The van der Waals surface area contributed by atoms with Gasteiger partial charge in [0.1, 0.15) is 17.3 Å². The Labute approximate surface area is 257 Å². The van der Waals surface area contributed by atoms with Crippen molar-refractivity contribution in [1.29, 1.82) is 0 Å². The molecule has 0 bridgehead atoms. The molecule has 0 amide bonds. The third-order valence-corrected chi connectivity index (χ3v) is 9.05. The maximum absolute atomic E-state index is 6.52. The zero-order valence-electron chi connectivity index (χ0n) is 25.7. The summed E-state index contributed by atoms with van der Waals surface area (Å²) in [5, 5.41) is 7.08. The van der Waals surface area contributed by atoms with E-state index in [1.54, 1.807) is 0 Å². The van der Waals surface area contributed by atoms with Crippen molar-refractivity contribution in [3.05, 3.63) is 132 Å². The van der Waals surface area contributed by atoms with Crippen molar-refractivity contribution in [1.82, 2.24) is 19.3 Å².